The predicted octanol–water partition coefficient (Wildman–Crippen LogP) is 4.00. The van der Waals surface area contributed by atoms with Crippen molar-refractivity contribution in [2.24, 2.45) is 7.05 Å². The maximum Gasteiger partial charge on any atom is 0.234 e. The van der Waals surface area contributed by atoms with Gasteiger partial charge in [0.25, 0.3) is 0 Å². The molecular formula is C21H22ClN5O2S. The lowest BCUT2D eigenvalue weighted by atomic mass is 10.1. The first-order chi connectivity index (χ1) is 14.3. The van der Waals surface area contributed by atoms with E-state index in [2.05, 4.69) is 20.8 Å². The number of thioether (sulfide) groups is 1. The third-order valence-electron chi connectivity index (χ3n) is 4.39. The first-order valence-electron chi connectivity index (χ1n) is 9.26. The van der Waals surface area contributed by atoms with Gasteiger partial charge in [0.1, 0.15) is 5.82 Å². The van der Waals surface area contributed by atoms with E-state index < -0.39 is 0 Å². The summed E-state index contributed by atoms with van der Waals surface area (Å²) in [6.07, 6.45) is 0.0456. The molecule has 0 spiro atoms. The van der Waals surface area contributed by atoms with E-state index in [1.54, 1.807) is 35.9 Å². The fraction of sp³-hybridized carbons (Fsp3) is 0.238. The number of hydrogen-bond acceptors (Lipinski definition) is 5. The van der Waals surface area contributed by atoms with Crippen LogP contribution in [0.5, 0.6) is 0 Å². The summed E-state index contributed by atoms with van der Waals surface area (Å²) < 4.78 is 1.71. The number of amides is 2. The molecule has 2 N–H and O–H groups in total. The van der Waals surface area contributed by atoms with Gasteiger partial charge in [0.2, 0.25) is 11.8 Å². The van der Waals surface area contributed by atoms with Crippen LogP contribution in [0.1, 0.15) is 17.0 Å². The first-order valence-corrected chi connectivity index (χ1v) is 10.6. The average molecular weight is 444 g/mol. The van der Waals surface area contributed by atoms with Gasteiger partial charge >= 0.3 is 0 Å². The second-order valence-electron chi connectivity index (χ2n) is 6.82. The van der Waals surface area contributed by atoms with Gasteiger partial charge in [0, 0.05) is 12.7 Å². The molecule has 7 nitrogen and oxygen atoms in total. The van der Waals surface area contributed by atoms with E-state index in [0.717, 1.165) is 16.8 Å². The minimum Gasteiger partial charge on any atom is -0.325 e. The van der Waals surface area contributed by atoms with Crippen LogP contribution in [0.4, 0.5) is 11.4 Å². The number of benzene rings is 2. The summed E-state index contributed by atoms with van der Waals surface area (Å²) in [7, 11) is 1.77. The lowest BCUT2D eigenvalue weighted by Gasteiger charge is -2.09. The molecule has 156 valence electrons. The minimum atomic E-state index is -0.247. The number of para-hydroxylation sites is 1. The van der Waals surface area contributed by atoms with Crippen LogP contribution in [-0.2, 0) is 23.1 Å². The molecule has 0 fully saturated rings. The summed E-state index contributed by atoms with van der Waals surface area (Å²) in [4.78, 5) is 24.6. The predicted molar refractivity (Wildman–Crippen MR) is 120 cm³/mol. The van der Waals surface area contributed by atoms with Crippen LogP contribution in [0.2, 0.25) is 5.02 Å². The molecule has 0 radical (unpaired) electrons. The van der Waals surface area contributed by atoms with Crippen molar-refractivity contribution in [3.05, 3.63) is 64.4 Å². The molecular weight excluding hydrogens is 422 g/mol. The van der Waals surface area contributed by atoms with Gasteiger partial charge in [-0.05, 0) is 43.2 Å². The van der Waals surface area contributed by atoms with Gasteiger partial charge in [-0.15, -0.1) is 10.2 Å². The lowest BCUT2D eigenvalue weighted by molar-refractivity contribution is -0.116. The van der Waals surface area contributed by atoms with Crippen molar-refractivity contribution in [1.29, 1.82) is 0 Å². The molecule has 1 aromatic heterocycles. The van der Waals surface area contributed by atoms with E-state index in [0.29, 0.717) is 21.7 Å². The molecule has 30 heavy (non-hydrogen) atoms. The van der Waals surface area contributed by atoms with Gasteiger partial charge in [-0.3, -0.25) is 9.59 Å². The Kier molecular flexibility index (Phi) is 7.12. The number of carbonyl (C=O) groups is 2. The average Bonchev–Trinajstić information content (AvgIpc) is 3.04. The van der Waals surface area contributed by atoms with Crippen molar-refractivity contribution in [2.45, 2.75) is 25.4 Å². The van der Waals surface area contributed by atoms with Crippen LogP contribution in [0.15, 0.2) is 47.6 Å². The fourth-order valence-corrected chi connectivity index (χ4v) is 3.63. The molecule has 0 aliphatic heterocycles. The van der Waals surface area contributed by atoms with Gasteiger partial charge in [-0.1, -0.05) is 47.6 Å². The van der Waals surface area contributed by atoms with Gasteiger partial charge in [-0.25, -0.2) is 0 Å². The summed E-state index contributed by atoms with van der Waals surface area (Å²) >= 11 is 7.33. The van der Waals surface area contributed by atoms with Gasteiger partial charge in [0.15, 0.2) is 5.16 Å². The molecule has 0 bridgehead atoms. The number of rotatable bonds is 7. The van der Waals surface area contributed by atoms with Crippen molar-refractivity contribution in [2.75, 3.05) is 16.4 Å². The number of aromatic nitrogens is 3. The molecule has 0 aliphatic rings. The van der Waals surface area contributed by atoms with Gasteiger partial charge in [0.05, 0.1) is 22.9 Å². The molecule has 0 unspecified atom stereocenters. The van der Waals surface area contributed by atoms with E-state index in [9.17, 15) is 9.59 Å². The molecule has 3 aromatic rings. The van der Waals surface area contributed by atoms with Gasteiger partial charge < -0.3 is 15.2 Å². The molecule has 0 saturated carbocycles. The van der Waals surface area contributed by atoms with Crippen LogP contribution in [0, 0.1) is 13.8 Å². The van der Waals surface area contributed by atoms with Crippen molar-refractivity contribution < 1.29 is 9.59 Å². The molecule has 2 amide bonds. The number of hydrogen-bond donors (Lipinski definition) is 2. The number of aryl methyl sites for hydroxylation is 2. The third-order valence-corrected chi connectivity index (χ3v) is 5.74. The lowest BCUT2D eigenvalue weighted by Crippen LogP contribution is -2.17. The molecule has 2 aromatic carbocycles. The highest BCUT2D eigenvalue weighted by Crippen LogP contribution is 2.22. The first kappa shape index (κ1) is 21.9. The van der Waals surface area contributed by atoms with Crippen LogP contribution < -0.4 is 10.6 Å². The SMILES string of the molecule is Cc1ccc(C)c(NC(=O)CSc2nnc(CC(=O)Nc3ccccc3Cl)n2C)c1. The van der Waals surface area contributed by atoms with E-state index in [1.165, 1.54) is 11.8 Å². The quantitative estimate of drug-likeness (QED) is 0.539. The van der Waals surface area contributed by atoms with Crippen molar-refractivity contribution >= 4 is 46.6 Å². The smallest absolute Gasteiger partial charge is 0.234 e. The standard InChI is InChI=1S/C21H22ClN5O2S/c1-13-8-9-14(2)17(10-13)24-20(29)12-30-21-26-25-18(27(21)3)11-19(28)23-16-7-5-4-6-15(16)22/h4-10H,11-12H2,1-3H3,(H,23,28)(H,24,29). The molecule has 9 heteroatoms. The summed E-state index contributed by atoms with van der Waals surface area (Å²) in [5, 5.41) is 14.9. The van der Waals surface area contributed by atoms with Crippen molar-refractivity contribution in [3.63, 3.8) is 0 Å². The zero-order valence-corrected chi connectivity index (χ0v) is 18.5. The Morgan fingerprint density at radius 3 is 2.53 bits per heavy atom. The summed E-state index contributed by atoms with van der Waals surface area (Å²) in [6.45, 7) is 3.93. The fourth-order valence-electron chi connectivity index (χ4n) is 2.71. The largest absolute Gasteiger partial charge is 0.325 e. The highest BCUT2D eigenvalue weighted by Gasteiger charge is 2.15. The Bertz CT molecular complexity index is 1080. The topological polar surface area (TPSA) is 88.9 Å². The van der Waals surface area contributed by atoms with E-state index in [4.69, 9.17) is 11.6 Å². The zero-order valence-electron chi connectivity index (χ0n) is 16.9. The molecule has 0 aliphatic carbocycles. The van der Waals surface area contributed by atoms with Crippen molar-refractivity contribution in [3.8, 4) is 0 Å². The highest BCUT2D eigenvalue weighted by molar-refractivity contribution is 7.99. The molecule has 0 saturated heterocycles. The Morgan fingerprint density at radius 2 is 1.77 bits per heavy atom. The maximum atomic E-state index is 12.3. The number of halogens is 1. The van der Waals surface area contributed by atoms with Crippen molar-refractivity contribution in [1.82, 2.24) is 14.8 Å². The normalized spacial score (nSPS) is 10.7. The Hall–Kier alpha value is -2.84. The van der Waals surface area contributed by atoms with Gasteiger partial charge in [-0.2, -0.15) is 0 Å². The summed E-state index contributed by atoms with van der Waals surface area (Å²) in [5.74, 6) is 0.306. The van der Waals surface area contributed by atoms with E-state index >= 15 is 0 Å². The van der Waals surface area contributed by atoms with Crippen LogP contribution in [0.3, 0.4) is 0 Å². The minimum absolute atomic E-state index is 0.0456. The second-order valence-corrected chi connectivity index (χ2v) is 8.17. The van der Waals surface area contributed by atoms with E-state index in [-0.39, 0.29) is 24.0 Å². The number of nitrogens with zero attached hydrogens (tertiary/aromatic N) is 3. The Labute approximate surface area is 184 Å². The molecule has 3 rings (SSSR count). The van der Waals surface area contributed by atoms with Crippen LogP contribution in [-0.4, -0.2) is 32.3 Å². The summed E-state index contributed by atoms with van der Waals surface area (Å²) in [5.41, 5.74) is 3.43. The monoisotopic (exact) mass is 443 g/mol. The zero-order chi connectivity index (χ0) is 21.7. The second kappa shape index (κ2) is 9.77. The Balaban J connectivity index is 1.56. The van der Waals surface area contributed by atoms with Crippen LogP contribution in [0.25, 0.3) is 0 Å². The molecule has 0 atom stereocenters. The van der Waals surface area contributed by atoms with Crippen LogP contribution >= 0.6 is 23.4 Å². The number of nitrogens with one attached hydrogen (secondary N) is 2. The third kappa shape index (κ3) is 5.61. The maximum absolute atomic E-state index is 12.3. The molecule has 1 heterocycles. The summed E-state index contributed by atoms with van der Waals surface area (Å²) in [6, 6.07) is 12.9. The Morgan fingerprint density at radius 1 is 1.03 bits per heavy atom. The highest BCUT2D eigenvalue weighted by atomic mass is 35.5. The van der Waals surface area contributed by atoms with E-state index in [1.807, 2.05) is 32.0 Å². The number of carbonyl (C=O) groups excluding carboxylic acids is 2. The number of anilines is 2.